The first kappa shape index (κ1) is 7.79. The molecular weight excluding hydrogens is 176 g/mol. The number of nitrogens with zero attached hydrogens (tertiary/aromatic N) is 3. The van der Waals surface area contributed by atoms with E-state index in [0.717, 1.165) is 11.3 Å². The first-order valence-electron chi connectivity index (χ1n) is 4.94. The van der Waals surface area contributed by atoms with E-state index < -0.39 is 0 Å². The van der Waals surface area contributed by atoms with E-state index in [1.54, 1.807) is 10.7 Å². The second-order valence-electron chi connectivity index (χ2n) is 3.89. The highest BCUT2D eigenvalue weighted by Gasteiger charge is 2.22. The fourth-order valence-corrected chi connectivity index (χ4v) is 1.81. The maximum atomic E-state index is 5.63. The number of fused-ring (bicyclic) bond motifs is 1. The van der Waals surface area contributed by atoms with Crippen molar-refractivity contribution >= 4 is 11.3 Å². The molecule has 14 heavy (non-hydrogen) atoms. The van der Waals surface area contributed by atoms with E-state index in [1.807, 2.05) is 6.20 Å². The summed E-state index contributed by atoms with van der Waals surface area (Å²) in [5.74, 6) is 0.651. The molecule has 2 aromatic heterocycles. The van der Waals surface area contributed by atoms with Crippen molar-refractivity contribution in [3.63, 3.8) is 0 Å². The average molecular weight is 188 g/mol. The van der Waals surface area contributed by atoms with Gasteiger partial charge in [0.15, 0.2) is 5.65 Å². The van der Waals surface area contributed by atoms with Gasteiger partial charge in [0.1, 0.15) is 0 Å². The lowest BCUT2D eigenvalue weighted by Crippen LogP contribution is -2.09. The molecule has 1 aliphatic rings. The van der Waals surface area contributed by atoms with Gasteiger partial charge in [-0.05, 0) is 12.8 Å². The molecule has 0 radical (unpaired) electrons. The molecule has 0 spiro atoms. The third-order valence-electron chi connectivity index (χ3n) is 2.88. The van der Waals surface area contributed by atoms with Crippen LogP contribution in [0.5, 0.6) is 0 Å². The number of aromatic nitrogens is 3. The minimum atomic E-state index is 0.651. The van der Waals surface area contributed by atoms with E-state index in [4.69, 9.17) is 5.73 Å². The van der Waals surface area contributed by atoms with Gasteiger partial charge in [-0.25, -0.2) is 9.50 Å². The highest BCUT2D eigenvalue weighted by Crippen LogP contribution is 2.35. The van der Waals surface area contributed by atoms with Crippen molar-refractivity contribution in [1.29, 1.82) is 0 Å². The zero-order valence-corrected chi connectivity index (χ0v) is 7.85. The van der Waals surface area contributed by atoms with Crippen LogP contribution in [0.1, 0.15) is 30.9 Å². The minimum absolute atomic E-state index is 0.651. The largest absolute Gasteiger partial charge is 0.396 e. The molecule has 72 valence electrons. The quantitative estimate of drug-likeness (QED) is 0.739. The van der Waals surface area contributed by atoms with E-state index in [-0.39, 0.29) is 0 Å². The molecule has 0 aromatic carbocycles. The molecule has 1 aliphatic carbocycles. The summed E-state index contributed by atoms with van der Waals surface area (Å²) in [4.78, 5) is 4.22. The van der Waals surface area contributed by atoms with Crippen molar-refractivity contribution in [1.82, 2.24) is 14.6 Å². The Kier molecular flexibility index (Phi) is 1.50. The molecule has 3 rings (SSSR count). The SMILES string of the molecule is Nc1cnc2cc(C3CCC3)nn2c1. The molecule has 1 saturated carbocycles. The van der Waals surface area contributed by atoms with E-state index in [0.29, 0.717) is 11.6 Å². The Bertz CT molecular complexity index is 470. The maximum absolute atomic E-state index is 5.63. The zero-order chi connectivity index (χ0) is 9.54. The van der Waals surface area contributed by atoms with Gasteiger partial charge in [0.05, 0.1) is 23.8 Å². The molecule has 4 nitrogen and oxygen atoms in total. The summed E-state index contributed by atoms with van der Waals surface area (Å²) in [6, 6.07) is 2.06. The topological polar surface area (TPSA) is 56.2 Å². The predicted molar refractivity (Wildman–Crippen MR) is 54.0 cm³/mol. The van der Waals surface area contributed by atoms with Crippen LogP contribution >= 0.6 is 0 Å². The Morgan fingerprint density at radius 3 is 3.00 bits per heavy atom. The Labute approximate surface area is 81.8 Å². The normalized spacial score (nSPS) is 17.1. The maximum Gasteiger partial charge on any atom is 0.155 e. The van der Waals surface area contributed by atoms with Crippen molar-refractivity contribution in [2.45, 2.75) is 25.2 Å². The predicted octanol–water partition coefficient (Wildman–Crippen LogP) is 1.58. The summed E-state index contributed by atoms with van der Waals surface area (Å²) in [6.07, 6.45) is 7.33. The second-order valence-corrected chi connectivity index (χ2v) is 3.89. The van der Waals surface area contributed by atoms with Crippen LogP contribution in [0, 0.1) is 0 Å². The number of hydrogen-bond acceptors (Lipinski definition) is 3. The highest BCUT2D eigenvalue weighted by atomic mass is 15.2. The number of nitrogens with two attached hydrogens (primary N) is 1. The fraction of sp³-hybridized carbons (Fsp3) is 0.400. The fourth-order valence-electron chi connectivity index (χ4n) is 1.81. The van der Waals surface area contributed by atoms with Gasteiger partial charge in [0.25, 0.3) is 0 Å². The minimum Gasteiger partial charge on any atom is -0.396 e. The lowest BCUT2D eigenvalue weighted by molar-refractivity contribution is 0.409. The molecule has 1 fully saturated rings. The van der Waals surface area contributed by atoms with Gasteiger partial charge in [0.2, 0.25) is 0 Å². The Morgan fingerprint density at radius 2 is 2.29 bits per heavy atom. The Hall–Kier alpha value is -1.58. The molecular formula is C10H12N4. The van der Waals surface area contributed by atoms with Gasteiger partial charge in [0, 0.05) is 12.0 Å². The van der Waals surface area contributed by atoms with Crippen molar-refractivity contribution in [2.75, 3.05) is 5.73 Å². The number of nitrogen functional groups attached to an aromatic ring is 1. The van der Waals surface area contributed by atoms with E-state index >= 15 is 0 Å². The zero-order valence-electron chi connectivity index (χ0n) is 7.85. The monoisotopic (exact) mass is 188 g/mol. The third kappa shape index (κ3) is 1.07. The number of hydrogen-bond donors (Lipinski definition) is 1. The summed E-state index contributed by atoms with van der Waals surface area (Å²) in [6.45, 7) is 0. The van der Waals surface area contributed by atoms with Crippen LogP contribution in [0.25, 0.3) is 5.65 Å². The molecule has 4 heteroatoms. The van der Waals surface area contributed by atoms with Crippen LogP contribution in [0.3, 0.4) is 0 Å². The van der Waals surface area contributed by atoms with E-state index in [9.17, 15) is 0 Å². The Balaban J connectivity index is 2.10. The lowest BCUT2D eigenvalue weighted by Gasteiger charge is -2.22. The first-order valence-corrected chi connectivity index (χ1v) is 4.94. The molecule has 2 aromatic rings. The number of rotatable bonds is 1. The summed E-state index contributed by atoms with van der Waals surface area (Å²) in [5, 5.41) is 4.47. The van der Waals surface area contributed by atoms with Crippen LogP contribution in [0.2, 0.25) is 0 Å². The van der Waals surface area contributed by atoms with Crippen molar-refractivity contribution in [3.05, 3.63) is 24.2 Å². The van der Waals surface area contributed by atoms with Crippen LogP contribution in [0.4, 0.5) is 5.69 Å². The van der Waals surface area contributed by atoms with Gasteiger partial charge in [-0.15, -0.1) is 0 Å². The van der Waals surface area contributed by atoms with Crippen LogP contribution in [-0.4, -0.2) is 14.6 Å². The van der Waals surface area contributed by atoms with Crippen LogP contribution in [-0.2, 0) is 0 Å². The highest BCUT2D eigenvalue weighted by molar-refractivity contribution is 5.45. The second kappa shape index (κ2) is 2.70. The summed E-state index contributed by atoms with van der Waals surface area (Å²) < 4.78 is 1.77. The van der Waals surface area contributed by atoms with Gasteiger partial charge in [-0.1, -0.05) is 6.42 Å². The van der Waals surface area contributed by atoms with Crippen molar-refractivity contribution < 1.29 is 0 Å². The van der Waals surface area contributed by atoms with E-state index in [1.165, 1.54) is 19.3 Å². The standard InChI is InChI=1S/C10H12N4/c11-8-5-12-10-4-9(7-2-1-3-7)13-14(10)6-8/h4-7H,1-3,11H2. The molecule has 0 aliphatic heterocycles. The molecule has 0 atom stereocenters. The molecule has 0 amide bonds. The number of anilines is 1. The summed E-state index contributed by atoms with van der Waals surface area (Å²) in [7, 11) is 0. The van der Waals surface area contributed by atoms with Gasteiger partial charge in [-0.2, -0.15) is 5.10 Å². The summed E-state index contributed by atoms with van der Waals surface area (Å²) in [5.41, 5.74) is 8.34. The van der Waals surface area contributed by atoms with Gasteiger partial charge in [-0.3, -0.25) is 0 Å². The van der Waals surface area contributed by atoms with Gasteiger partial charge < -0.3 is 5.73 Å². The van der Waals surface area contributed by atoms with Gasteiger partial charge >= 0.3 is 0 Å². The molecule has 0 unspecified atom stereocenters. The smallest absolute Gasteiger partial charge is 0.155 e. The summed E-state index contributed by atoms with van der Waals surface area (Å²) >= 11 is 0. The Morgan fingerprint density at radius 1 is 1.43 bits per heavy atom. The molecule has 0 bridgehead atoms. The van der Waals surface area contributed by atoms with Crippen LogP contribution in [0.15, 0.2) is 18.5 Å². The molecule has 2 N–H and O–H groups in total. The van der Waals surface area contributed by atoms with E-state index in [2.05, 4.69) is 16.1 Å². The van der Waals surface area contributed by atoms with Crippen molar-refractivity contribution in [3.8, 4) is 0 Å². The molecule has 2 heterocycles. The third-order valence-corrected chi connectivity index (χ3v) is 2.88. The van der Waals surface area contributed by atoms with Crippen LogP contribution < -0.4 is 5.73 Å². The first-order chi connectivity index (χ1) is 6.83. The lowest BCUT2D eigenvalue weighted by atomic mass is 9.83. The average Bonchev–Trinajstić information content (AvgIpc) is 2.43. The molecule has 0 saturated heterocycles. The van der Waals surface area contributed by atoms with Crippen molar-refractivity contribution in [2.24, 2.45) is 0 Å².